The van der Waals surface area contributed by atoms with E-state index in [1.165, 1.54) is 4.90 Å². The lowest BCUT2D eigenvalue weighted by Gasteiger charge is -2.20. The number of aromatic nitrogens is 1. The third kappa shape index (κ3) is 4.07. The minimum Gasteiger partial charge on any atom is -0.480 e. The number of carboxylic acids is 1. The maximum atomic E-state index is 12.3. The average molecular weight is 310 g/mol. The summed E-state index contributed by atoms with van der Waals surface area (Å²) in [4.78, 5) is 25.1. The van der Waals surface area contributed by atoms with Crippen LogP contribution in [0.3, 0.4) is 0 Å². The van der Waals surface area contributed by atoms with Gasteiger partial charge in [0.2, 0.25) is 5.91 Å². The highest BCUT2D eigenvalue weighted by atomic mass is 16.5. The van der Waals surface area contributed by atoms with Gasteiger partial charge in [0.25, 0.3) is 0 Å². The van der Waals surface area contributed by atoms with Crippen molar-refractivity contribution in [2.24, 2.45) is 5.92 Å². The van der Waals surface area contributed by atoms with E-state index >= 15 is 0 Å². The first-order valence-corrected chi connectivity index (χ1v) is 7.43. The van der Waals surface area contributed by atoms with Gasteiger partial charge in [-0.25, -0.2) is 4.79 Å². The van der Waals surface area contributed by atoms with Gasteiger partial charge in [-0.1, -0.05) is 19.0 Å². The Kier molecular flexibility index (Phi) is 5.18. The predicted molar refractivity (Wildman–Crippen MR) is 77.3 cm³/mol. The molecule has 7 nitrogen and oxygen atoms in total. The summed E-state index contributed by atoms with van der Waals surface area (Å²) < 4.78 is 10.7. The van der Waals surface area contributed by atoms with Crippen molar-refractivity contribution in [3.63, 3.8) is 0 Å². The highest BCUT2D eigenvalue weighted by Crippen LogP contribution is 2.22. The lowest BCUT2D eigenvalue weighted by molar-refractivity contribution is -0.148. The molecular weight excluding hydrogens is 288 g/mol. The predicted octanol–water partition coefficient (Wildman–Crippen LogP) is 1.25. The quantitative estimate of drug-likeness (QED) is 0.850. The molecule has 1 aliphatic rings. The number of amides is 1. The molecular formula is C15H22N2O5. The van der Waals surface area contributed by atoms with E-state index in [9.17, 15) is 14.7 Å². The molecule has 1 amide bonds. The second-order valence-electron chi connectivity index (χ2n) is 6.10. The van der Waals surface area contributed by atoms with Gasteiger partial charge in [0, 0.05) is 25.6 Å². The second-order valence-corrected chi connectivity index (χ2v) is 6.10. The summed E-state index contributed by atoms with van der Waals surface area (Å²) in [6.07, 6.45) is 0.106. The fourth-order valence-corrected chi connectivity index (χ4v) is 2.51. The first kappa shape index (κ1) is 16.5. The van der Waals surface area contributed by atoms with Crippen molar-refractivity contribution in [2.75, 3.05) is 13.2 Å². The number of likely N-dealkylation sites (tertiary alicyclic amines) is 1. The minimum absolute atomic E-state index is 0.0154. The van der Waals surface area contributed by atoms with Crippen LogP contribution in [0.1, 0.15) is 31.7 Å². The Morgan fingerprint density at radius 3 is 2.82 bits per heavy atom. The van der Waals surface area contributed by atoms with Crippen LogP contribution in [0.15, 0.2) is 10.6 Å². The molecule has 2 atom stereocenters. The molecule has 7 heteroatoms. The molecule has 1 aromatic heterocycles. The van der Waals surface area contributed by atoms with E-state index in [0.717, 1.165) is 0 Å². The maximum absolute atomic E-state index is 12.3. The highest BCUT2D eigenvalue weighted by Gasteiger charge is 2.40. The van der Waals surface area contributed by atoms with Gasteiger partial charge >= 0.3 is 5.97 Å². The molecule has 1 saturated heterocycles. The van der Waals surface area contributed by atoms with Gasteiger partial charge in [-0.2, -0.15) is 0 Å². The van der Waals surface area contributed by atoms with Crippen LogP contribution >= 0.6 is 0 Å². The Labute approximate surface area is 129 Å². The van der Waals surface area contributed by atoms with Crippen LogP contribution in [0.2, 0.25) is 0 Å². The molecule has 2 unspecified atom stereocenters. The molecule has 2 rings (SSSR count). The first-order valence-electron chi connectivity index (χ1n) is 7.43. The smallest absolute Gasteiger partial charge is 0.326 e. The number of carbonyl (C=O) groups is 2. The highest BCUT2D eigenvalue weighted by molar-refractivity contribution is 5.85. The first-order chi connectivity index (χ1) is 10.4. The molecule has 0 radical (unpaired) electrons. The van der Waals surface area contributed by atoms with E-state index in [1.54, 1.807) is 13.0 Å². The number of nitrogens with zero attached hydrogens (tertiary/aromatic N) is 2. The largest absolute Gasteiger partial charge is 0.480 e. The SMILES string of the molecule is Cc1cc(CC(=O)N2CC(OCC(C)C)CC2C(=O)O)on1. The van der Waals surface area contributed by atoms with Gasteiger partial charge in [0.05, 0.1) is 18.2 Å². The molecule has 0 aromatic carbocycles. The Hall–Kier alpha value is -1.89. The lowest BCUT2D eigenvalue weighted by atomic mass is 10.2. The summed E-state index contributed by atoms with van der Waals surface area (Å²) in [5.74, 6) is -0.472. The van der Waals surface area contributed by atoms with Crippen molar-refractivity contribution >= 4 is 11.9 Å². The molecule has 22 heavy (non-hydrogen) atoms. The van der Waals surface area contributed by atoms with E-state index in [1.807, 2.05) is 13.8 Å². The molecule has 1 aromatic rings. The maximum Gasteiger partial charge on any atom is 0.326 e. The number of hydrogen-bond donors (Lipinski definition) is 1. The van der Waals surface area contributed by atoms with E-state index in [2.05, 4.69) is 5.16 Å². The van der Waals surface area contributed by atoms with Gasteiger partial charge in [-0.05, 0) is 12.8 Å². The number of ether oxygens (including phenoxy) is 1. The summed E-state index contributed by atoms with van der Waals surface area (Å²) in [5, 5.41) is 13.0. The third-order valence-electron chi connectivity index (χ3n) is 3.54. The number of rotatable bonds is 6. The van der Waals surface area contributed by atoms with Gasteiger partial charge < -0.3 is 19.3 Å². The van der Waals surface area contributed by atoms with Crippen molar-refractivity contribution in [3.8, 4) is 0 Å². The Morgan fingerprint density at radius 2 is 2.27 bits per heavy atom. The minimum atomic E-state index is -1.00. The average Bonchev–Trinajstić information content (AvgIpc) is 3.03. The molecule has 0 saturated carbocycles. The lowest BCUT2D eigenvalue weighted by Crippen LogP contribution is -2.41. The zero-order chi connectivity index (χ0) is 16.3. The summed E-state index contributed by atoms with van der Waals surface area (Å²) in [6, 6.07) is 0.838. The molecule has 0 spiro atoms. The van der Waals surface area contributed by atoms with Gasteiger partial charge in [-0.3, -0.25) is 4.79 Å². The summed E-state index contributed by atoms with van der Waals surface area (Å²) in [7, 11) is 0. The van der Waals surface area contributed by atoms with Crippen LogP contribution in [0, 0.1) is 12.8 Å². The summed E-state index contributed by atoms with van der Waals surface area (Å²) in [6.45, 7) is 6.68. The van der Waals surface area contributed by atoms with E-state index in [-0.39, 0.29) is 18.4 Å². The van der Waals surface area contributed by atoms with Crippen LogP contribution < -0.4 is 0 Å². The Morgan fingerprint density at radius 1 is 1.55 bits per heavy atom. The van der Waals surface area contributed by atoms with Gasteiger partial charge in [0.15, 0.2) is 0 Å². The van der Waals surface area contributed by atoms with Crippen molar-refractivity contribution in [3.05, 3.63) is 17.5 Å². The number of aliphatic carboxylic acids is 1. The van der Waals surface area contributed by atoms with E-state index < -0.39 is 12.0 Å². The van der Waals surface area contributed by atoms with Gasteiger partial charge in [0.1, 0.15) is 11.8 Å². The van der Waals surface area contributed by atoms with Crippen molar-refractivity contribution in [1.29, 1.82) is 0 Å². The fraction of sp³-hybridized carbons (Fsp3) is 0.667. The number of aryl methyl sites for hydroxylation is 1. The molecule has 1 aliphatic heterocycles. The van der Waals surface area contributed by atoms with Crippen LogP contribution in [0.4, 0.5) is 0 Å². The molecule has 0 bridgehead atoms. The Bertz CT molecular complexity index is 540. The van der Waals surface area contributed by atoms with Gasteiger partial charge in [-0.15, -0.1) is 0 Å². The summed E-state index contributed by atoms with van der Waals surface area (Å²) in [5.41, 5.74) is 0.692. The summed E-state index contributed by atoms with van der Waals surface area (Å²) >= 11 is 0. The second kappa shape index (κ2) is 6.91. The fourth-order valence-electron chi connectivity index (χ4n) is 2.51. The zero-order valence-electron chi connectivity index (χ0n) is 13.1. The molecule has 122 valence electrons. The van der Waals surface area contributed by atoms with Crippen molar-refractivity contribution in [1.82, 2.24) is 10.1 Å². The van der Waals surface area contributed by atoms with Crippen LogP contribution in [0.5, 0.6) is 0 Å². The topological polar surface area (TPSA) is 92.9 Å². The number of hydrogen-bond acceptors (Lipinski definition) is 5. The van der Waals surface area contributed by atoms with Crippen LogP contribution in [0.25, 0.3) is 0 Å². The molecule has 1 N–H and O–H groups in total. The molecule has 0 aliphatic carbocycles. The normalized spacial score (nSPS) is 21.5. The Balaban J connectivity index is 2.00. The molecule has 2 heterocycles. The van der Waals surface area contributed by atoms with Crippen LogP contribution in [-0.2, 0) is 20.7 Å². The van der Waals surface area contributed by atoms with Crippen LogP contribution in [-0.4, -0.2) is 52.3 Å². The van der Waals surface area contributed by atoms with Crippen molar-refractivity contribution < 1.29 is 24.0 Å². The van der Waals surface area contributed by atoms with E-state index in [4.69, 9.17) is 9.26 Å². The van der Waals surface area contributed by atoms with Crippen molar-refractivity contribution in [2.45, 2.75) is 45.8 Å². The number of carboxylic acid groups (broad SMARTS) is 1. The monoisotopic (exact) mass is 310 g/mol. The number of carbonyl (C=O) groups excluding carboxylic acids is 1. The third-order valence-corrected chi connectivity index (χ3v) is 3.54. The van der Waals surface area contributed by atoms with E-state index in [0.29, 0.717) is 36.9 Å². The molecule has 1 fully saturated rings. The zero-order valence-corrected chi connectivity index (χ0v) is 13.1. The standard InChI is InChI=1S/C15H22N2O5/c1-9(2)8-21-12-5-13(15(19)20)17(7-12)14(18)6-11-4-10(3)16-22-11/h4,9,12-13H,5-8H2,1-3H3,(H,19,20).